The number of carbonyl (C=O) groups excluding carboxylic acids is 1. The van der Waals surface area contributed by atoms with Crippen molar-refractivity contribution in [2.24, 2.45) is 0 Å². The summed E-state index contributed by atoms with van der Waals surface area (Å²) in [5, 5.41) is 0.820. The molecule has 0 spiro atoms. The summed E-state index contributed by atoms with van der Waals surface area (Å²) in [7, 11) is 1.66. The van der Waals surface area contributed by atoms with Crippen LogP contribution in [0.4, 0.5) is 11.4 Å². The SMILES string of the molecule is CN(C(=O)c1ccc(N)cc1Cl)c1ccc(Cl)cc1OCc1ccccc1. The molecule has 0 aliphatic carbocycles. The van der Waals surface area contributed by atoms with E-state index in [9.17, 15) is 4.79 Å². The van der Waals surface area contributed by atoms with Gasteiger partial charge < -0.3 is 15.4 Å². The molecule has 2 N–H and O–H groups in total. The molecule has 0 unspecified atom stereocenters. The second-order valence-electron chi connectivity index (χ2n) is 5.99. The lowest BCUT2D eigenvalue weighted by molar-refractivity contribution is 0.0992. The molecule has 3 aromatic carbocycles. The number of hydrogen-bond acceptors (Lipinski definition) is 3. The van der Waals surface area contributed by atoms with E-state index in [0.29, 0.717) is 39.3 Å². The van der Waals surface area contributed by atoms with Crippen molar-refractivity contribution in [1.82, 2.24) is 0 Å². The number of hydrogen-bond donors (Lipinski definition) is 1. The van der Waals surface area contributed by atoms with Crippen LogP contribution in [0.15, 0.2) is 66.7 Å². The van der Waals surface area contributed by atoms with Gasteiger partial charge in [-0.15, -0.1) is 0 Å². The van der Waals surface area contributed by atoms with E-state index >= 15 is 0 Å². The maximum absolute atomic E-state index is 12.9. The predicted octanol–water partition coefficient (Wildman–Crippen LogP) is 5.43. The van der Waals surface area contributed by atoms with Crippen molar-refractivity contribution in [2.45, 2.75) is 6.61 Å². The van der Waals surface area contributed by atoms with Gasteiger partial charge in [-0.1, -0.05) is 53.5 Å². The average Bonchev–Trinajstić information content (AvgIpc) is 2.66. The molecule has 0 saturated carbocycles. The van der Waals surface area contributed by atoms with Crippen LogP contribution < -0.4 is 15.4 Å². The summed E-state index contributed by atoms with van der Waals surface area (Å²) in [5.41, 5.74) is 8.17. The van der Waals surface area contributed by atoms with Gasteiger partial charge in [-0.3, -0.25) is 4.79 Å². The van der Waals surface area contributed by atoms with Crippen molar-refractivity contribution in [2.75, 3.05) is 17.7 Å². The maximum atomic E-state index is 12.9. The minimum absolute atomic E-state index is 0.271. The third-order valence-corrected chi connectivity index (χ3v) is 4.60. The Hall–Kier alpha value is -2.69. The number of halogens is 2. The lowest BCUT2D eigenvalue weighted by Crippen LogP contribution is -2.27. The van der Waals surface area contributed by atoms with Crippen LogP contribution in [-0.4, -0.2) is 13.0 Å². The zero-order valence-corrected chi connectivity index (χ0v) is 16.2. The molecule has 0 radical (unpaired) electrons. The van der Waals surface area contributed by atoms with Gasteiger partial charge in [0.25, 0.3) is 5.91 Å². The number of ether oxygens (including phenoxy) is 1. The first kappa shape index (κ1) is 19.1. The minimum atomic E-state index is -0.271. The summed E-state index contributed by atoms with van der Waals surface area (Å²) in [4.78, 5) is 14.4. The van der Waals surface area contributed by atoms with Crippen molar-refractivity contribution in [1.29, 1.82) is 0 Å². The van der Waals surface area contributed by atoms with Gasteiger partial charge in [0.1, 0.15) is 12.4 Å². The van der Waals surface area contributed by atoms with E-state index in [4.69, 9.17) is 33.7 Å². The molecule has 0 aliphatic heterocycles. The van der Waals surface area contributed by atoms with Crippen LogP contribution in [0.5, 0.6) is 5.75 Å². The normalized spacial score (nSPS) is 10.5. The fourth-order valence-corrected chi connectivity index (χ4v) is 3.04. The Balaban J connectivity index is 1.87. The number of amides is 1. The van der Waals surface area contributed by atoms with Gasteiger partial charge in [0.05, 0.1) is 16.3 Å². The molecule has 0 aromatic heterocycles. The standard InChI is InChI=1S/C21H18Cl2N2O2/c1-25(21(26)17-9-8-16(24)12-18(17)23)19-10-7-15(22)11-20(19)27-13-14-5-3-2-4-6-14/h2-12H,13,24H2,1H3. The Kier molecular flexibility index (Phi) is 5.89. The highest BCUT2D eigenvalue weighted by atomic mass is 35.5. The van der Waals surface area contributed by atoms with Crippen molar-refractivity contribution in [3.05, 3.63) is 87.9 Å². The summed E-state index contributed by atoms with van der Waals surface area (Å²) < 4.78 is 5.93. The molecular formula is C21H18Cl2N2O2. The molecule has 0 saturated heterocycles. The van der Waals surface area contributed by atoms with E-state index in [-0.39, 0.29) is 5.91 Å². The number of anilines is 2. The van der Waals surface area contributed by atoms with Crippen LogP contribution in [-0.2, 0) is 6.61 Å². The number of benzene rings is 3. The molecular weight excluding hydrogens is 383 g/mol. The molecule has 0 aliphatic rings. The van der Waals surface area contributed by atoms with E-state index in [1.807, 2.05) is 30.3 Å². The molecule has 6 heteroatoms. The smallest absolute Gasteiger partial charge is 0.259 e. The van der Waals surface area contributed by atoms with Crippen LogP contribution in [0.25, 0.3) is 0 Å². The first-order valence-corrected chi connectivity index (χ1v) is 9.00. The van der Waals surface area contributed by atoms with E-state index in [2.05, 4.69) is 0 Å². The Bertz CT molecular complexity index is 962. The first-order valence-electron chi connectivity index (χ1n) is 8.25. The van der Waals surface area contributed by atoms with E-state index < -0.39 is 0 Å². The zero-order valence-electron chi connectivity index (χ0n) is 14.7. The Morgan fingerprint density at radius 1 is 1.04 bits per heavy atom. The Morgan fingerprint density at radius 2 is 1.78 bits per heavy atom. The molecule has 0 atom stereocenters. The summed E-state index contributed by atoms with van der Waals surface area (Å²) in [6.07, 6.45) is 0. The van der Waals surface area contributed by atoms with Crippen molar-refractivity contribution < 1.29 is 9.53 Å². The Morgan fingerprint density at radius 3 is 2.48 bits per heavy atom. The molecule has 3 rings (SSSR count). The summed E-state index contributed by atoms with van der Waals surface area (Å²) in [5.74, 6) is 0.237. The van der Waals surface area contributed by atoms with Crippen LogP contribution in [0.3, 0.4) is 0 Å². The lowest BCUT2D eigenvalue weighted by Gasteiger charge is -2.22. The van der Waals surface area contributed by atoms with Gasteiger partial charge in [-0.2, -0.15) is 0 Å². The van der Waals surface area contributed by atoms with Gasteiger partial charge in [-0.25, -0.2) is 0 Å². The van der Waals surface area contributed by atoms with Crippen molar-refractivity contribution >= 4 is 40.5 Å². The summed E-state index contributed by atoms with van der Waals surface area (Å²) >= 11 is 12.3. The fraction of sp³-hybridized carbons (Fsp3) is 0.0952. The van der Waals surface area contributed by atoms with Gasteiger partial charge in [0.2, 0.25) is 0 Å². The summed E-state index contributed by atoms with van der Waals surface area (Å²) in [6, 6.07) is 19.7. The number of carbonyl (C=O) groups is 1. The molecule has 0 heterocycles. The number of nitrogens with two attached hydrogens (primary N) is 1. The highest BCUT2D eigenvalue weighted by Gasteiger charge is 2.20. The molecule has 27 heavy (non-hydrogen) atoms. The second-order valence-corrected chi connectivity index (χ2v) is 6.83. The van der Waals surface area contributed by atoms with Crippen LogP contribution in [0, 0.1) is 0 Å². The predicted molar refractivity (Wildman–Crippen MR) is 111 cm³/mol. The van der Waals surface area contributed by atoms with Gasteiger partial charge in [0, 0.05) is 23.8 Å². The topological polar surface area (TPSA) is 55.6 Å². The van der Waals surface area contributed by atoms with Gasteiger partial charge >= 0.3 is 0 Å². The van der Waals surface area contributed by atoms with E-state index in [1.165, 1.54) is 4.90 Å². The molecule has 138 valence electrons. The fourth-order valence-electron chi connectivity index (χ4n) is 2.61. The largest absolute Gasteiger partial charge is 0.487 e. The third-order valence-electron chi connectivity index (χ3n) is 4.05. The van der Waals surface area contributed by atoms with Crippen molar-refractivity contribution in [3.8, 4) is 5.75 Å². The molecule has 4 nitrogen and oxygen atoms in total. The molecule has 0 bridgehead atoms. The monoisotopic (exact) mass is 400 g/mol. The highest BCUT2D eigenvalue weighted by Crippen LogP contribution is 2.33. The van der Waals surface area contributed by atoms with E-state index in [0.717, 1.165) is 5.56 Å². The molecule has 1 amide bonds. The van der Waals surface area contributed by atoms with Crippen LogP contribution in [0.1, 0.15) is 15.9 Å². The molecule has 3 aromatic rings. The number of nitrogen functional groups attached to an aromatic ring is 1. The first-order chi connectivity index (χ1) is 13.0. The average molecular weight is 401 g/mol. The van der Waals surface area contributed by atoms with E-state index in [1.54, 1.807) is 43.4 Å². The van der Waals surface area contributed by atoms with Crippen LogP contribution in [0.2, 0.25) is 10.0 Å². The third kappa shape index (κ3) is 4.54. The van der Waals surface area contributed by atoms with Gasteiger partial charge in [-0.05, 0) is 35.9 Å². The number of nitrogens with zero attached hydrogens (tertiary/aromatic N) is 1. The highest BCUT2D eigenvalue weighted by molar-refractivity contribution is 6.35. The summed E-state index contributed by atoms with van der Waals surface area (Å²) in [6.45, 7) is 0.360. The Labute approximate surface area is 168 Å². The van der Waals surface area contributed by atoms with Crippen LogP contribution >= 0.6 is 23.2 Å². The minimum Gasteiger partial charge on any atom is -0.487 e. The van der Waals surface area contributed by atoms with Gasteiger partial charge in [0.15, 0.2) is 0 Å². The lowest BCUT2D eigenvalue weighted by atomic mass is 10.1. The quantitative estimate of drug-likeness (QED) is 0.580. The zero-order chi connectivity index (χ0) is 19.4. The maximum Gasteiger partial charge on any atom is 0.259 e. The number of rotatable bonds is 5. The van der Waals surface area contributed by atoms with Crippen molar-refractivity contribution in [3.63, 3.8) is 0 Å². The second kappa shape index (κ2) is 8.33. The molecule has 0 fully saturated rings.